The molecule has 0 aliphatic carbocycles. The lowest BCUT2D eigenvalue weighted by molar-refractivity contribution is -0.129. The third-order valence-corrected chi connectivity index (χ3v) is 6.76. The molecule has 1 aliphatic heterocycles. The number of likely N-dealkylation sites (tertiary alicyclic amines) is 1. The Morgan fingerprint density at radius 3 is 2.49 bits per heavy atom. The number of aromatic amines is 1. The summed E-state index contributed by atoms with van der Waals surface area (Å²) in [5.74, 6) is 1.54. The van der Waals surface area contributed by atoms with Crippen LogP contribution in [0.15, 0.2) is 40.4 Å². The first-order chi connectivity index (χ1) is 16.7. The maximum atomic E-state index is 12.5. The Morgan fingerprint density at radius 1 is 1.06 bits per heavy atom. The van der Waals surface area contributed by atoms with Gasteiger partial charge in [-0.25, -0.2) is 14.8 Å². The zero-order chi connectivity index (χ0) is 24.9. The normalized spacial score (nSPS) is 14.0. The van der Waals surface area contributed by atoms with Crippen molar-refractivity contribution in [3.05, 3.63) is 47.3 Å². The molecule has 2 aromatic heterocycles. The van der Waals surface area contributed by atoms with Gasteiger partial charge in [0.25, 0.3) is 0 Å². The van der Waals surface area contributed by atoms with Gasteiger partial charge < -0.3 is 20.9 Å². The van der Waals surface area contributed by atoms with Crippen molar-refractivity contribution in [1.29, 1.82) is 0 Å². The lowest BCUT2D eigenvalue weighted by atomic mass is 10.1. The number of aryl methyl sites for hydroxylation is 3. The number of H-pyrrole nitrogens is 1. The topological polar surface area (TPSA) is 128 Å². The fraction of sp³-hybridized carbons (Fsp3) is 0.375. The molecule has 1 aromatic carbocycles. The minimum Gasteiger partial charge on any atom is -0.343 e. The van der Waals surface area contributed by atoms with E-state index >= 15 is 0 Å². The second-order valence-corrected chi connectivity index (χ2v) is 9.70. The third-order valence-electron chi connectivity index (χ3n) is 5.71. The Balaban J connectivity index is 1.35. The predicted octanol–water partition coefficient (Wildman–Crippen LogP) is 4.15. The summed E-state index contributed by atoms with van der Waals surface area (Å²) in [6.45, 7) is 8.75. The van der Waals surface area contributed by atoms with E-state index < -0.39 is 0 Å². The smallest absolute Gasteiger partial charge is 0.319 e. The largest absolute Gasteiger partial charge is 0.343 e. The van der Waals surface area contributed by atoms with Crippen LogP contribution in [0, 0.1) is 20.8 Å². The summed E-state index contributed by atoms with van der Waals surface area (Å²) in [7, 11) is 0. The van der Waals surface area contributed by atoms with E-state index in [0.29, 0.717) is 29.8 Å². The van der Waals surface area contributed by atoms with Gasteiger partial charge in [-0.2, -0.15) is 5.10 Å². The first-order valence-corrected chi connectivity index (χ1v) is 12.3. The number of nitrogens with zero attached hydrogens (tertiary/aromatic N) is 4. The van der Waals surface area contributed by atoms with Gasteiger partial charge in [0.2, 0.25) is 5.91 Å². The van der Waals surface area contributed by atoms with Crippen LogP contribution in [0.5, 0.6) is 0 Å². The molecule has 4 N–H and O–H groups in total. The molecule has 0 spiro atoms. The summed E-state index contributed by atoms with van der Waals surface area (Å²) in [6, 6.07) is 9.37. The van der Waals surface area contributed by atoms with Crippen molar-refractivity contribution >= 4 is 41.0 Å². The monoisotopic (exact) mass is 494 g/mol. The standard InChI is InChI=1S/C24H30N8O2S/c1-14-11-19(27-23(34)26-18-7-9-32(10-8-18)17(4)33)5-6-20(14)35-24-25-15(2)12-21(29-24)28-22-13-16(3)30-31-22/h5-6,11-13,18H,7-10H2,1-4H3,(H2,26,27,34)(H2,25,28,29,30,31). The molecule has 1 fully saturated rings. The zero-order valence-corrected chi connectivity index (χ0v) is 21.1. The lowest BCUT2D eigenvalue weighted by Gasteiger charge is -2.31. The molecule has 1 saturated heterocycles. The molecule has 3 heterocycles. The molecular formula is C24H30N8O2S. The van der Waals surface area contributed by atoms with Gasteiger partial charge in [0.1, 0.15) is 11.6 Å². The second kappa shape index (κ2) is 10.8. The van der Waals surface area contributed by atoms with Crippen molar-refractivity contribution in [2.24, 2.45) is 0 Å². The van der Waals surface area contributed by atoms with Crippen LogP contribution in [0.4, 0.5) is 22.1 Å². The molecular weight excluding hydrogens is 464 g/mol. The van der Waals surface area contributed by atoms with Gasteiger partial charge in [-0.3, -0.25) is 9.89 Å². The number of piperidine rings is 1. The molecule has 4 rings (SSSR count). The van der Waals surface area contributed by atoms with E-state index in [1.54, 1.807) is 6.92 Å². The van der Waals surface area contributed by atoms with Gasteiger partial charge >= 0.3 is 6.03 Å². The van der Waals surface area contributed by atoms with Crippen LogP contribution in [0.3, 0.4) is 0 Å². The van der Waals surface area contributed by atoms with Gasteiger partial charge in [0, 0.05) is 54.5 Å². The number of aromatic nitrogens is 4. The van der Waals surface area contributed by atoms with Crippen LogP contribution in [-0.4, -0.2) is 56.1 Å². The van der Waals surface area contributed by atoms with Crippen molar-refractivity contribution < 1.29 is 9.59 Å². The van der Waals surface area contributed by atoms with E-state index in [4.69, 9.17) is 0 Å². The minimum atomic E-state index is -0.238. The number of anilines is 3. The van der Waals surface area contributed by atoms with Crippen LogP contribution in [0.1, 0.15) is 36.7 Å². The molecule has 184 valence electrons. The van der Waals surface area contributed by atoms with Gasteiger partial charge in [-0.05, 0) is 69.1 Å². The molecule has 3 amide bonds. The highest BCUT2D eigenvalue weighted by Gasteiger charge is 2.22. The number of carbonyl (C=O) groups excluding carboxylic acids is 2. The van der Waals surface area contributed by atoms with E-state index in [9.17, 15) is 9.59 Å². The number of benzene rings is 1. The number of hydrogen-bond donors (Lipinski definition) is 4. The Labute approximate surface area is 208 Å². The molecule has 11 heteroatoms. The third kappa shape index (κ3) is 6.72. The highest BCUT2D eigenvalue weighted by atomic mass is 32.2. The number of hydrogen-bond acceptors (Lipinski definition) is 7. The van der Waals surface area contributed by atoms with E-state index in [1.807, 2.05) is 56.0 Å². The molecule has 1 aliphatic rings. The average molecular weight is 495 g/mol. The molecule has 0 atom stereocenters. The fourth-order valence-electron chi connectivity index (χ4n) is 3.91. The Kier molecular flexibility index (Phi) is 7.54. The number of nitrogens with one attached hydrogen (secondary N) is 4. The summed E-state index contributed by atoms with van der Waals surface area (Å²) in [4.78, 5) is 35.9. The molecule has 35 heavy (non-hydrogen) atoms. The first kappa shape index (κ1) is 24.5. The van der Waals surface area contributed by atoms with Gasteiger partial charge in [0.15, 0.2) is 5.16 Å². The highest BCUT2D eigenvalue weighted by molar-refractivity contribution is 7.99. The molecule has 0 bridgehead atoms. The molecule has 0 saturated carbocycles. The van der Waals surface area contributed by atoms with Crippen LogP contribution in [-0.2, 0) is 4.79 Å². The SMILES string of the molecule is CC(=O)N1CCC(NC(=O)Nc2ccc(Sc3nc(C)cc(Nc4cc(C)n[nH]4)n3)c(C)c2)CC1. The van der Waals surface area contributed by atoms with E-state index in [0.717, 1.165) is 40.5 Å². The highest BCUT2D eigenvalue weighted by Crippen LogP contribution is 2.31. The first-order valence-electron chi connectivity index (χ1n) is 11.5. The number of amides is 3. The van der Waals surface area contributed by atoms with Gasteiger partial charge in [-0.15, -0.1) is 0 Å². The molecule has 0 unspecified atom stereocenters. The van der Waals surface area contributed by atoms with Crippen LogP contribution >= 0.6 is 11.8 Å². The fourth-order valence-corrected chi connectivity index (χ4v) is 4.79. The number of rotatable bonds is 6. The Bertz CT molecular complexity index is 1220. The van der Waals surface area contributed by atoms with E-state index in [2.05, 4.69) is 36.1 Å². The summed E-state index contributed by atoms with van der Waals surface area (Å²) in [5.41, 5.74) is 3.46. The van der Waals surface area contributed by atoms with Crippen LogP contribution in [0.2, 0.25) is 0 Å². The maximum absolute atomic E-state index is 12.5. The summed E-state index contributed by atoms with van der Waals surface area (Å²) in [5, 5.41) is 16.8. The van der Waals surface area contributed by atoms with Crippen molar-refractivity contribution in [3.8, 4) is 0 Å². The quantitative estimate of drug-likeness (QED) is 0.379. The van der Waals surface area contributed by atoms with E-state index in [-0.39, 0.29) is 18.0 Å². The molecule has 10 nitrogen and oxygen atoms in total. The summed E-state index contributed by atoms with van der Waals surface area (Å²) in [6.07, 6.45) is 1.52. The molecule has 0 radical (unpaired) electrons. The maximum Gasteiger partial charge on any atom is 0.319 e. The lowest BCUT2D eigenvalue weighted by Crippen LogP contribution is -2.47. The Morgan fingerprint density at radius 2 is 1.83 bits per heavy atom. The minimum absolute atomic E-state index is 0.0634. The summed E-state index contributed by atoms with van der Waals surface area (Å²) < 4.78 is 0. The number of urea groups is 1. The van der Waals surface area contributed by atoms with Gasteiger partial charge in [-0.1, -0.05) is 0 Å². The van der Waals surface area contributed by atoms with Crippen molar-refractivity contribution in [2.75, 3.05) is 23.7 Å². The van der Waals surface area contributed by atoms with Crippen molar-refractivity contribution in [2.45, 2.75) is 56.6 Å². The van der Waals surface area contributed by atoms with Crippen LogP contribution in [0.25, 0.3) is 0 Å². The van der Waals surface area contributed by atoms with Crippen molar-refractivity contribution in [1.82, 2.24) is 30.4 Å². The molecule has 3 aromatic rings. The van der Waals surface area contributed by atoms with Gasteiger partial charge in [0.05, 0.1) is 5.69 Å². The Hall–Kier alpha value is -3.60. The zero-order valence-electron chi connectivity index (χ0n) is 20.3. The van der Waals surface area contributed by atoms with Crippen molar-refractivity contribution in [3.63, 3.8) is 0 Å². The summed E-state index contributed by atoms with van der Waals surface area (Å²) >= 11 is 1.47. The average Bonchev–Trinajstić information content (AvgIpc) is 3.20. The number of carbonyl (C=O) groups is 2. The van der Waals surface area contributed by atoms with E-state index in [1.165, 1.54) is 11.8 Å². The predicted molar refractivity (Wildman–Crippen MR) is 136 cm³/mol. The second-order valence-electron chi connectivity index (χ2n) is 8.69. The van der Waals surface area contributed by atoms with Crippen LogP contribution < -0.4 is 16.0 Å².